The molecule has 0 spiro atoms. The molecule has 1 amide bonds. The van der Waals surface area contributed by atoms with Gasteiger partial charge in [0.15, 0.2) is 0 Å². The van der Waals surface area contributed by atoms with Crippen LogP contribution in [-0.4, -0.2) is 23.9 Å². The minimum atomic E-state index is -0.332. The molecule has 2 aliphatic rings. The average molecular weight is 371 g/mol. The molecule has 2 fully saturated rings. The second kappa shape index (κ2) is 7.74. The standard InChI is InChI=1S/C21H23F2N3O/c22-16-7-3-5-14(11-16)19-9-1-2-10-26(19)21(27)18-13-24-25-20(18)15-6-4-8-17(23)12-15/h3-8,11-12,18-20,24-25H,1-2,9-10,13H2. The molecule has 0 saturated carbocycles. The first kappa shape index (κ1) is 18.1. The summed E-state index contributed by atoms with van der Waals surface area (Å²) in [4.78, 5) is 15.3. The number of likely N-dealkylation sites (tertiary alicyclic amines) is 1. The number of nitrogens with zero attached hydrogens (tertiary/aromatic N) is 1. The highest BCUT2D eigenvalue weighted by molar-refractivity contribution is 5.81. The lowest BCUT2D eigenvalue weighted by atomic mass is 9.89. The second-order valence-electron chi connectivity index (χ2n) is 7.26. The third-order valence-electron chi connectivity index (χ3n) is 5.53. The molecule has 6 heteroatoms. The van der Waals surface area contributed by atoms with Crippen LogP contribution in [0.3, 0.4) is 0 Å². The van der Waals surface area contributed by atoms with E-state index in [-0.39, 0.29) is 35.5 Å². The van der Waals surface area contributed by atoms with Crippen molar-refractivity contribution in [3.05, 3.63) is 71.3 Å². The molecule has 4 nitrogen and oxygen atoms in total. The van der Waals surface area contributed by atoms with Gasteiger partial charge in [0.05, 0.1) is 18.0 Å². The summed E-state index contributed by atoms with van der Waals surface area (Å²) in [6.07, 6.45) is 2.78. The van der Waals surface area contributed by atoms with Crippen LogP contribution in [-0.2, 0) is 4.79 Å². The Morgan fingerprint density at radius 1 is 1.00 bits per heavy atom. The minimum absolute atomic E-state index is 0.0238. The Morgan fingerprint density at radius 3 is 2.44 bits per heavy atom. The molecular formula is C21H23F2N3O. The van der Waals surface area contributed by atoms with Crippen molar-refractivity contribution in [2.24, 2.45) is 5.92 Å². The predicted molar refractivity (Wildman–Crippen MR) is 98.5 cm³/mol. The van der Waals surface area contributed by atoms with Crippen LogP contribution >= 0.6 is 0 Å². The lowest BCUT2D eigenvalue weighted by molar-refractivity contribution is -0.139. The van der Waals surface area contributed by atoms with E-state index in [2.05, 4.69) is 10.9 Å². The number of halogens is 2. The van der Waals surface area contributed by atoms with Crippen molar-refractivity contribution in [1.82, 2.24) is 15.8 Å². The van der Waals surface area contributed by atoms with Crippen molar-refractivity contribution in [1.29, 1.82) is 0 Å². The van der Waals surface area contributed by atoms with Crippen LogP contribution in [0.5, 0.6) is 0 Å². The molecule has 2 aromatic carbocycles. The molecule has 0 bridgehead atoms. The van der Waals surface area contributed by atoms with Gasteiger partial charge in [-0.15, -0.1) is 0 Å². The summed E-state index contributed by atoms with van der Waals surface area (Å²) in [6.45, 7) is 1.14. The fraction of sp³-hybridized carbons (Fsp3) is 0.381. The highest BCUT2D eigenvalue weighted by atomic mass is 19.1. The van der Waals surface area contributed by atoms with Gasteiger partial charge in [-0.05, 0) is 54.7 Å². The Balaban J connectivity index is 1.59. The zero-order valence-corrected chi connectivity index (χ0v) is 15.0. The van der Waals surface area contributed by atoms with Crippen molar-refractivity contribution in [2.75, 3.05) is 13.1 Å². The number of carbonyl (C=O) groups is 1. The quantitative estimate of drug-likeness (QED) is 0.868. The molecule has 2 N–H and O–H groups in total. The smallest absolute Gasteiger partial charge is 0.229 e. The van der Waals surface area contributed by atoms with E-state index in [9.17, 15) is 13.6 Å². The normalized spacial score (nSPS) is 25.6. The molecule has 0 radical (unpaired) electrons. The Kier molecular flexibility index (Phi) is 5.18. The van der Waals surface area contributed by atoms with E-state index in [1.165, 1.54) is 24.3 Å². The first-order valence-electron chi connectivity index (χ1n) is 9.43. The summed E-state index contributed by atoms with van der Waals surface area (Å²) in [7, 11) is 0. The molecule has 142 valence electrons. The van der Waals surface area contributed by atoms with Gasteiger partial charge in [-0.3, -0.25) is 10.2 Å². The molecule has 2 heterocycles. The molecule has 3 unspecified atom stereocenters. The van der Waals surface area contributed by atoms with Gasteiger partial charge in [-0.25, -0.2) is 14.2 Å². The molecule has 27 heavy (non-hydrogen) atoms. The number of hydrazine groups is 1. The van der Waals surface area contributed by atoms with Gasteiger partial charge in [0.2, 0.25) is 5.91 Å². The zero-order chi connectivity index (χ0) is 18.8. The third kappa shape index (κ3) is 3.73. The van der Waals surface area contributed by atoms with Crippen LogP contribution in [0.2, 0.25) is 0 Å². The molecule has 4 rings (SSSR count). The number of piperidine rings is 1. The van der Waals surface area contributed by atoms with Gasteiger partial charge >= 0.3 is 0 Å². The van der Waals surface area contributed by atoms with E-state index in [0.717, 1.165) is 30.4 Å². The summed E-state index contributed by atoms with van der Waals surface area (Å²) in [5.41, 5.74) is 7.74. The third-order valence-corrected chi connectivity index (χ3v) is 5.53. The van der Waals surface area contributed by atoms with Crippen LogP contribution in [0.25, 0.3) is 0 Å². The number of hydrogen-bond donors (Lipinski definition) is 2. The predicted octanol–water partition coefficient (Wildman–Crippen LogP) is 3.48. The molecule has 2 saturated heterocycles. The van der Waals surface area contributed by atoms with E-state index in [0.29, 0.717) is 13.1 Å². The molecule has 2 aromatic rings. The Bertz CT molecular complexity index is 829. The van der Waals surface area contributed by atoms with E-state index in [4.69, 9.17) is 0 Å². The number of amides is 1. The minimum Gasteiger partial charge on any atom is -0.335 e. The topological polar surface area (TPSA) is 44.4 Å². The molecular weight excluding hydrogens is 348 g/mol. The van der Waals surface area contributed by atoms with Crippen molar-refractivity contribution in [3.63, 3.8) is 0 Å². The molecule has 0 aliphatic carbocycles. The molecule has 2 aliphatic heterocycles. The molecule has 3 atom stereocenters. The van der Waals surface area contributed by atoms with Gasteiger partial charge in [-0.2, -0.15) is 0 Å². The van der Waals surface area contributed by atoms with Crippen LogP contribution in [0.4, 0.5) is 8.78 Å². The first-order chi connectivity index (χ1) is 13.1. The van der Waals surface area contributed by atoms with Crippen molar-refractivity contribution >= 4 is 5.91 Å². The van der Waals surface area contributed by atoms with E-state index in [1.807, 2.05) is 17.0 Å². The van der Waals surface area contributed by atoms with Crippen molar-refractivity contribution < 1.29 is 13.6 Å². The van der Waals surface area contributed by atoms with E-state index < -0.39 is 0 Å². The van der Waals surface area contributed by atoms with Crippen LogP contribution in [0, 0.1) is 17.6 Å². The Hall–Kier alpha value is -2.31. The van der Waals surface area contributed by atoms with Gasteiger partial charge in [0, 0.05) is 13.1 Å². The maximum absolute atomic E-state index is 13.7. The maximum atomic E-state index is 13.7. The SMILES string of the molecule is O=C(C1CNNC1c1cccc(F)c1)N1CCCCC1c1cccc(F)c1. The zero-order valence-electron chi connectivity index (χ0n) is 15.0. The summed E-state index contributed by atoms with van der Waals surface area (Å²) in [5.74, 6) is -0.910. The lowest BCUT2D eigenvalue weighted by Gasteiger charge is -2.38. The van der Waals surface area contributed by atoms with Crippen LogP contribution < -0.4 is 10.9 Å². The summed E-state index contributed by atoms with van der Waals surface area (Å²) >= 11 is 0. The number of carbonyl (C=O) groups excluding carboxylic acids is 1. The van der Waals surface area contributed by atoms with Gasteiger partial charge in [-0.1, -0.05) is 24.3 Å². The summed E-state index contributed by atoms with van der Waals surface area (Å²) in [6, 6.07) is 12.5. The van der Waals surface area contributed by atoms with Gasteiger partial charge in [0.1, 0.15) is 11.6 Å². The number of hydrogen-bond acceptors (Lipinski definition) is 3. The van der Waals surface area contributed by atoms with Gasteiger partial charge < -0.3 is 4.90 Å². The highest BCUT2D eigenvalue weighted by Gasteiger charge is 2.39. The van der Waals surface area contributed by atoms with Gasteiger partial charge in [0.25, 0.3) is 0 Å². The van der Waals surface area contributed by atoms with E-state index >= 15 is 0 Å². The highest BCUT2D eigenvalue weighted by Crippen LogP contribution is 2.35. The van der Waals surface area contributed by atoms with E-state index in [1.54, 1.807) is 12.1 Å². The van der Waals surface area contributed by atoms with Crippen molar-refractivity contribution in [2.45, 2.75) is 31.3 Å². The summed E-state index contributed by atoms with van der Waals surface area (Å²) < 4.78 is 27.4. The largest absolute Gasteiger partial charge is 0.335 e. The monoisotopic (exact) mass is 371 g/mol. The van der Waals surface area contributed by atoms with Crippen LogP contribution in [0.1, 0.15) is 42.5 Å². The Labute approximate surface area is 157 Å². The first-order valence-corrected chi connectivity index (χ1v) is 9.43. The number of benzene rings is 2. The number of nitrogens with one attached hydrogen (secondary N) is 2. The maximum Gasteiger partial charge on any atom is 0.229 e. The second-order valence-corrected chi connectivity index (χ2v) is 7.26. The lowest BCUT2D eigenvalue weighted by Crippen LogP contribution is -2.44. The fourth-order valence-electron chi connectivity index (χ4n) is 4.21. The Morgan fingerprint density at radius 2 is 1.70 bits per heavy atom. The van der Waals surface area contributed by atoms with Crippen molar-refractivity contribution in [3.8, 4) is 0 Å². The molecule has 0 aromatic heterocycles. The fourth-order valence-corrected chi connectivity index (χ4v) is 4.21. The van der Waals surface area contributed by atoms with Crippen LogP contribution in [0.15, 0.2) is 48.5 Å². The summed E-state index contributed by atoms with van der Waals surface area (Å²) in [5, 5.41) is 0. The average Bonchev–Trinajstić information content (AvgIpc) is 3.17. The number of rotatable bonds is 3.